The number of carbonyl (C=O) groups excluding carboxylic acids is 1. The molecule has 2 N–H and O–H groups in total. The molecular formula is C16H16BrClN2O. The van der Waals surface area contributed by atoms with Gasteiger partial charge in [0.1, 0.15) is 0 Å². The SMILES string of the molecule is Cc1cc(Br)ccc1NCC(=O)NCc1ccccc1Cl. The van der Waals surface area contributed by atoms with E-state index >= 15 is 0 Å². The standard InChI is InChI=1S/C16H16BrClN2O/c1-11-8-13(17)6-7-15(11)19-10-16(21)20-9-12-4-2-3-5-14(12)18/h2-8,19H,9-10H2,1H3,(H,20,21). The molecule has 3 nitrogen and oxygen atoms in total. The van der Waals surface area contributed by atoms with Gasteiger partial charge < -0.3 is 10.6 Å². The van der Waals surface area contributed by atoms with Crippen molar-refractivity contribution in [2.24, 2.45) is 0 Å². The fraction of sp³-hybridized carbons (Fsp3) is 0.188. The average Bonchev–Trinajstić information content (AvgIpc) is 2.45. The predicted molar refractivity (Wildman–Crippen MR) is 90.7 cm³/mol. The van der Waals surface area contributed by atoms with E-state index in [1.165, 1.54) is 0 Å². The van der Waals surface area contributed by atoms with Crippen molar-refractivity contribution in [2.75, 3.05) is 11.9 Å². The largest absolute Gasteiger partial charge is 0.376 e. The Morgan fingerprint density at radius 3 is 2.71 bits per heavy atom. The molecule has 2 rings (SSSR count). The minimum absolute atomic E-state index is 0.0720. The maximum atomic E-state index is 11.9. The first-order valence-corrected chi connectivity index (χ1v) is 7.73. The van der Waals surface area contributed by atoms with Gasteiger partial charge in [0.15, 0.2) is 0 Å². The quantitative estimate of drug-likeness (QED) is 0.834. The van der Waals surface area contributed by atoms with Crippen molar-refractivity contribution in [3.8, 4) is 0 Å². The van der Waals surface area contributed by atoms with Crippen molar-refractivity contribution < 1.29 is 4.79 Å². The molecule has 0 fully saturated rings. The van der Waals surface area contributed by atoms with Gasteiger partial charge in [-0.25, -0.2) is 0 Å². The molecule has 1 amide bonds. The molecule has 0 radical (unpaired) electrons. The number of nitrogens with one attached hydrogen (secondary N) is 2. The van der Waals surface area contributed by atoms with E-state index in [2.05, 4.69) is 26.6 Å². The zero-order chi connectivity index (χ0) is 15.2. The molecule has 0 unspecified atom stereocenters. The monoisotopic (exact) mass is 366 g/mol. The lowest BCUT2D eigenvalue weighted by Crippen LogP contribution is -2.29. The van der Waals surface area contributed by atoms with E-state index in [1.807, 2.05) is 49.4 Å². The first-order chi connectivity index (χ1) is 10.1. The highest BCUT2D eigenvalue weighted by molar-refractivity contribution is 9.10. The van der Waals surface area contributed by atoms with Crippen LogP contribution in [0.5, 0.6) is 0 Å². The maximum absolute atomic E-state index is 11.9. The van der Waals surface area contributed by atoms with Crippen LogP contribution < -0.4 is 10.6 Å². The van der Waals surface area contributed by atoms with Gasteiger partial charge in [-0.3, -0.25) is 4.79 Å². The molecule has 0 aliphatic carbocycles. The number of amides is 1. The molecule has 0 heterocycles. The Morgan fingerprint density at radius 2 is 2.00 bits per heavy atom. The summed E-state index contributed by atoms with van der Waals surface area (Å²) in [5.41, 5.74) is 2.95. The van der Waals surface area contributed by atoms with Gasteiger partial charge in [-0.2, -0.15) is 0 Å². The highest BCUT2D eigenvalue weighted by Gasteiger charge is 2.05. The molecule has 0 bridgehead atoms. The number of hydrogen-bond donors (Lipinski definition) is 2. The first-order valence-electron chi connectivity index (χ1n) is 6.56. The van der Waals surface area contributed by atoms with Crippen LogP contribution in [0, 0.1) is 6.92 Å². The maximum Gasteiger partial charge on any atom is 0.239 e. The highest BCUT2D eigenvalue weighted by Crippen LogP contribution is 2.19. The number of aryl methyl sites for hydroxylation is 1. The van der Waals surface area contributed by atoms with Crippen molar-refractivity contribution in [3.63, 3.8) is 0 Å². The van der Waals surface area contributed by atoms with E-state index in [1.54, 1.807) is 0 Å². The lowest BCUT2D eigenvalue weighted by molar-refractivity contribution is -0.119. The molecule has 110 valence electrons. The minimum atomic E-state index is -0.0720. The Hall–Kier alpha value is -1.52. The molecule has 2 aromatic rings. The van der Waals surface area contributed by atoms with Gasteiger partial charge in [-0.15, -0.1) is 0 Å². The van der Waals surface area contributed by atoms with Gasteiger partial charge in [0, 0.05) is 21.7 Å². The molecule has 0 aliphatic heterocycles. The van der Waals surface area contributed by atoms with Crippen LogP contribution in [0.3, 0.4) is 0 Å². The van der Waals surface area contributed by atoms with E-state index in [-0.39, 0.29) is 12.5 Å². The van der Waals surface area contributed by atoms with Crippen LogP contribution in [0.1, 0.15) is 11.1 Å². The average molecular weight is 368 g/mol. The van der Waals surface area contributed by atoms with Crippen molar-refractivity contribution in [3.05, 3.63) is 63.1 Å². The Bertz CT molecular complexity index is 646. The topological polar surface area (TPSA) is 41.1 Å². The summed E-state index contributed by atoms with van der Waals surface area (Å²) in [6.45, 7) is 2.65. The lowest BCUT2D eigenvalue weighted by Gasteiger charge is -2.11. The molecule has 0 aliphatic rings. The van der Waals surface area contributed by atoms with Crippen molar-refractivity contribution in [1.82, 2.24) is 5.32 Å². The van der Waals surface area contributed by atoms with Crippen LogP contribution in [-0.2, 0) is 11.3 Å². The molecular weight excluding hydrogens is 352 g/mol. The third-order valence-corrected chi connectivity index (χ3v) is 3.92. The Kier molecular flexibility index (Phi) is 5.65. The minimum Gasteiger partial charge on any atom is -0.376 e. The molecule has 0 atom stereocenters. The second-order valence-corrected chi connectivity index (χ2v) is 6.00. The van der Waals surface area contributed by atoms with Gasteiger partial charge in [0.25, 0.3) is 0 Å². The van der Waals surface area contributed by atoms with Crippen LogP contribution in [0.4, 0.5) is 5.69 Å². The van der Waals surface area contributed by atoms with Crippen molar-refractivity contribution in [2.45, 2.75) is 13.5 Å². The number of benzene rings is 2. The predicted octanol–water partition coefficient (Wildman–Crippen LogP) is 4.14. The summed E-state index contributed by atoms with van der Waals surface area (Å²) in [6, 6.07) is 13.4. The fourth-order valence-corrected chi connectivity index (χ4v) is 2.58. The van der Waals surface area contributed by atoms with Gasteiger partial charge in [0.05, 0.1) is 6.54 Å². The van der Waals surface area contributed by atoms with Crippen LogP contribution in [0.15, 0.2) is 46.9 Å². The Balaban J connectivity index is 1.84. The number of carbonyl (C=O) groups is 1. The van der Waals surface area contributed by atoms with Crippen LogP contribution in [-0.4, -0.2) is 12.5 Å². The summed E-state index contributed by atoms with van der Waals surface area (Å²) in [4.78, 5) is 11.9. The Morgan fingerprint density at radius 1 is 1.24 bits per heavy atom. The summed E-state index contributed by atoms with van der Waals surface area (Å²) in [6.07, 6.45) is 0. The normalized spacial score (nSPS) is 10.2. The van der Waals surface area contributed by atoms with Gasteiger partial charge in [0.2, 0.25) is 5.91 Å². The van der Waals surface area contributed by atoms with Crippen LogP contribution >= 0.6 is 27.5 Å². The van der Waals surface area contributed by atoms with Crippen molar-refractivity contribution >= 4 is 39.1 Å². The second kappa shape index (κ2) is 7.48. The van der Waals surface area contributed by atoms with E-state index in [4.69, 9.17) is 11.6 Å². The van der Waals surface area contributed by atoms with Gasteiger partial charge in [-0.1, -0.05) is 45.7 Å². The molecule has 21 heavy (non-hydrogen) atoms. The summed E-state index contributed by atoms with van der Waals surface area (Å²) >= 11 is 9.46. The zero-order valence-corrected chi connectivity index (χ0v) is 14.0. The number of halogens is 2. The first kappa shape index (κ1) is 15.9. The summed E-state index contributed by atoms with van der Waals surface area (Å²) in [5, 5.41) is 6.63. The molecule has 5 heteroatoms. The molecule has 0 spiro atoms. The smallest absolute Gasteiger partial charge is 0.239 e. The van der Waals surface area contributed by atoms with E-state index < -0.39 is 0 Å². The lowest BCUT2D eigenvalue weighted by atomic mass is 10.2. The van der Waals surface area contributed by atoms with Crippen molar-refractivity contribution in [1.29, 1.82) is 0 Å². The van der Waals surface area contributed by atoms with Crippen LogP contribution in [0.2, 0.25) is 5.02 Å². The van der Waals surface area contributed by atoms with Crippen LogP contribution in [0.25, 0.3) is 0 Å². The molecule has 0 saturated heterocycles. The fourth-order valence-electron chi connectivity index (χ4n) is 1.90. The second-order valence-electron chi connectivity index (χ2n) is 4.68. The Labute approximate surface area is 137 Å². The zero-order valence-electron chi connectivity index (χ0n) is 11.6. The highest BCUT2D eigenvalue weighted by atomic mass is 79.9. The molecule has 2 aromatic carbocycles. The summed E-state index contributed by atoms with van der Waals surface area (Å²) in [7, 11) is 0. The van der Waals surface area contributed by atoms with E-state index in [0.29, 0.717) is 11.6 Å². The third-order valence-electron chi connectivity index (χ3n) is 3.06. The molecule has 0 saturated carbocycles. The van der Waals surface area contributed by atoms with E-state index in [0.717, 1.165) is 21.3 Å². The molecule has 0 aromatic heterocycles. The van der Waals surface area contributed by atoms with Gasteiger partial charge >= 0.3 is 0 Å². The third kappa shape index (κ3) is 4.76. The number of anilines is 1. The summed E-state index contributed by atoms with van der Waals surface area (Å²) < 4.78 is 1.02. The number of hydrogen-bond acceptors (Lipinski definition) is 2. The summed E-state index contributed by atoms with van der Waals surface area (Å²) in [5.74, 6) is -0.0720. The van der Waals surface area contributed by atoms with Gasteiger partial charge in [-0.05, 0) is 42.3 Å². The van der Waals surface area contributed by atoms with E-state index in [9.17, 15) is 4.79 Å². The number of rotatable bonds is 5.